The SMILES string of the molecule is CCOC(=O)CCc1cn(-c2ccc(F)cc2)c(=O)c(N2CCCCC2)n1. The Morgan fingerprint density at radius 3 is 2.56 bits per heavy atom. The van der Waals surface area contributed by atoms with E-state index in [1.54, 1.807) is 25.3 Å². The second-order valence-electron chi connectivity index (χ2n) is 6.56. The molecule has 0 radical (unpaired) electrons. The van der Waals surface area contributed by atoms with Crippen LogP contribution in [0.4, 0.5) is 10.2 Å². The number of carbonyl (C=O) groups is 1. The van der Waals surface area contributed by atoms with Crippen LogP contribution in [0.3, 0.4) is 0 Å². The van der Waals surface area contributed by atoms with Gasteiger partial charge in [0.1, 0.15) is 5.82 Å². The summed E-state index contributed by atoms with van der Waals surface area (Å²) in [6.45, 7) is 3.67. The molecule has 1 aliphatic rings. The Bertz CT molecular complexity index is 843. The average molecular weight is 373 g/mol. The van der Waals surface area contributed by atoms with Crippen LogP contribution in [0.15, 0.2) is 35.3 Å². The Kier molecular flexibility index (Phi) is 6.21. The maximum absolute atomic E-state index is 13.3. The molecule has 144 valence electrons. The van der Waals surface area contributed by atoms with E-state index in [1.807, 2.05) is 4.90 Å². The third-order valence-electron chi connectivity index (χ3n) is 4.59. The van der Waals surface area contributed by atoms with Crippen molar-refractivity contribution < 1.29 is 13.9 Å². The molecule has 27 heavy (non-hydrogen) atoms. The van der Waals surface area contributed by atoms with Gasteiger partial charge in [-0.1, -0.05) is 0 Å². The van der Waals surface area contributed by atoms with Crippen LogP contribution in [0.5, 0.6) is 0 Å². The zero-order valence-electron chi connectivity index (χ0n) is 15.5. The molecule has 1 saturated heterocycles. The molecule has 1 aromatic heterocycles. The highest BCUT2D eigenvalue weighted by Crippen LogP contribution is 2.17. The third kappa shape index (κ3) is 4.72. The molecule has 0 unspecified atom stereocenters. The topological polar surface area (TPSA) is 64.4 Å². The minimum Gasteiger partial charge on any atom is -0.466 e. The molecule has 0 bridgehead atoms. The molecule has 0 N–H and O–H groups in total. The van der Waals surface area contributed by atoms with E-state index in [0.717, 1.165) is 32.4 Å². The minimum absolute atomic E-state index is 0.196. The smallest absolute Gasteiger partial charge is 0.306 e. The standard InChI is InChI=1S/C20H24FN3O3/c1-2-27-18(25)11-8-16-14-24(17-9-6-15(21)7-10-17)20(26)19(22-16)23-12-4-3-5-13-23/h6-7,9-10,14H,2-5,8,11-13H2,1H3. The molecule has 2 heterocycles. The van der Waals surface area contributed by atoms with Crippen molar-refractivity contribution in [3.8, 4) is 5.69 Å². The number of nitrogens with zero attached hydrogens (tertiary/aromatic N) is 3. The number of aromatic nitrogens is 2. The fourth-order valence-electron chi connectivity index (χ4n) is 3.22. The van der Waals surface area contributed by atoms with Gasteiger partial charge in [-0.2, -0.15) is 0 Å². The number of anilines is 1. The Hall–Kier alpha value is -2.70. The number of hydrogen-bond donors (Lipinski definition) is 0. The largest absolute Gasteiger partial charge is 0.466 e. The number of rotatable bonds is 6. The lowest BCUT2D eigenvalue weighted by molar-refractivity contribution is -0.143. The molecule has 7 heteroatoms. The van der Waals surface area contributed by atoms with Crippen LogP contribution < -0.4 is 10.5 Å². The minimum atomic E-state index is -0.361. The van der Waals surface area contributed by atoms with Crippen LogP contribution in [0, 0.1) is 5.82 Å². The Balaban J connectivity index is 1.97. The van der Waals surface area contributed by atoms with Crippen LogP contribution in [0.1, 0.15) is 38.3 Å². The first-order valence-electron chi connectivity index (χ1n) is 9.37. The lowest BCUT2D eigenvalue weighted by Gasteiger charge is -2.28. The summed E-state index contributed by atoms with van der Waals surface area (Å²) >= 11 is 0. The molecule has 1 fully saturated rings. The van der Waals surface area contributed by atoms with Gasteiger partial charge in [0.05, 0.1) is 18.7 Å². The third-order valence-corrected chi connectivity index (χ3v) is 4.59. The summed E-state index contributed by atoms with van der Waals surface area (Å²) in [6, 6.07) is 5.76. The number of piperidine rings is 1. The first-order valence-corrected chi connectivity index (χ1v) is 9.37. The van der Waals surface area contributed by atoms with E-state index in [4.69, 9.17) is 4.74 Å². The number of ether oxygens (including phenoxy) is 1. The predicted octanol–water partition coefficient (Wildman–Crippen LogP) is 2.86. The summed E-state index contributed by atoms with van der Waals surface area (Å²) in [5.74, 6) is -0.265. The molecule has 0 atom stereocenters. The fourth-order valence-corrected chi connectivity index (χ4v) is 3.22. The van der Waals surface area contributed by atoms with Gasteiger partial charge in [-0.05, 0) is 50.5 Å². The highest BCUT2D eigenvalue weighted by molar-refractivity contribution is 5.69. The number of esters is 1. The molecule has 1 aromatic carbocycles. The quantitative estimate of drug-likeness (QED) is 0.729. The van der Waals surface area contributed by atoms with Gasteiger partial charge in [-0.3, -0.25) is 14.2 Å². The van der Waals surface area contributed by atoms with E-state index in [0.29, 0.717) is 30.2 Å². The number of carbonyl (C=O) groups excluding carboxylic acids is 1. The van der Waals surface area contributed by atoms with Crippen LogP contribution in [0.25, 0.3) is 5.69 Å². The zero-order valence-corrected chi connectivity index (χ0v) is 15.5. The van der Waals surface area contributed by atoms with Gasteiger partial charge in [0.2, 0.25) is 0 Å². The first kappa shape index (κ1) is 19.1. The normalized spacial score (nSPS) is 14.2. The molecule has 0 saturated carbocycles. The van der Waals surface area contributed by atoms with Crippen molar-refractivity contribution >= 4 is 11.8 Å². The number of halogens is 1. The van der Waals surface area contributed by atoms with Crippen molar-refractivity contribution in [2.24, 2.45) is 0 Å². The van der Waals surface area contributed by atoms with Gasteiger partial charge in [-0.15, -0.1) is 0 Å². The first-order chi connectivity index (χ1) is 13.1. The summed E-state index contributed by atoms with van der Waals surface area (Å²) < 4.78 is 19.7. The number of aryl methyl sites for hydroxylation is 1. The molecule has 1 aliphatic heterocycles. The molecule has 2 aromatic rings. The zero-order chi connectivity index (χ0) is 19.2. The Morgan fingerprint density at radius 2 is 1.89 bits per heavy atom. The van der Waals surface area contributed by atoms with E-state index in [9.17, 15) is 14.0 Å². The molecular formula is C20H24FN3O3. The van der Waals surface area contributed by atoms with E-state index < -0.39 is 0 Å². The maximum Gasteiger partial charge on any atom is 0.306 e. The highest BCUT2D eigenvalue weighted by atomic mass is 19.1. The molecule has 0 amide bonds. The highest BCUT2D eigenvalue weighted by Gasteiger charge is 2.19. The fraction of sp³-hybridized carbons (Fsp3) is 0.450. The molecule has 0 aliphatic carbocycles. The van der Waals surface area contributed by atoms with Gasteiger partial charge in [-0.25, -0.2) is 9.37 Å². The van der Waals surface area contributed by atoms with Gasteiger partial charge in [0.15, 0.2) is 5.82 Å². The summed E-state index contributed by atoms with van der Waals surface area (Å²) in [7, 11) is 0. The van der Waals surface area contributed by atoms with E-state index in [-0.39, 0.29) is 23.8 Å². The van der Waals surface area contributed by atoms with E-state index in [2.05, 4.69) is 4.98 Å². The summed E-state index contributed by atoms with van der Waals surface area (Å²) in [6.07, 6.45) is 5.38. The number of benzene rings is 1. The van der Waals surface area contributed by atoms with Crippen molar-refractivity contribution in [2.45, 2.75) is 39.0 Å². The van der Waals surface area contributed by atoms with Gasteiger partial charge < -0.3 is 9.64 Å². The lowest BCUT2D eigenvalue weighted by atomic mass is 10.1. The van der Waals surface area contributed by atoms with Crippen LogP contribution in [0.2, 0.25) is 0 Å². The van der Waals surface area contributed by atoms with Gasteiger partial charge in [0, 0.05) is 31.4 Å². The summed E-state index contributed by atoms with van der Waals surface area (Å²) in [5.41, 5.74) is 0.968. The molecule has 3 rings (SSSR count). The molecule has 0 spiro atoms. The monoisotopic (exact) mass is 373 g/mol. The molecule has 6 nitrogen and oxygen atoms in total. The Morgan fingerprint density at radius 1 is 1.19 bits per heavy atom. The molecular weight excluding hydrogens is 349 g/mol. The summed E-state index contributed by atoms with van der Waals surface area (Å²) in [4.78, 5) is 31.3. The van der Waals surface area contributed by atoms with E-state index >= 15 is 0 Å². The van der Waals surface area contributed by atoms with Crippen molar-refractivity contribution in [3.05, 3.63) is 52.3 Å². The lowest BCUT2D eigenvalue weighted by Crippen LogP contribution is -2.37. The van der Waals surface area contributed by atoms with Crippen molar-refractivity contribution in [2.75, 3.05) is 24.6 Å². The van der Waals surface area contributed by atoms with Crippen molar-refractivity contribution in [1.82, 2.24) is 9.55 Å². The maximum atomic E-state index is 13.3. The van der Waals surface area contributed by atoms with Crippen LogP contribution in [-0.4, -0.2) is 35.2 Å². The average Bonchev–Trinajstić information content (AvgIpc) is 2.69. The van der Waals surface area contributed by atoms with Crippen LogP contribution in [-0.2, 0) is 16.0 Å². The second-order valence-corrected chi connectivity index (χ2v) is 6.56. The van der Waals surface area contributed by atoms with Gasteiger partial charge >= 0.3 is 5.97 Å². The predicted molar refractivity (Wildman–Crippen MR) is 101 cm³/mol. The second kappa shape index (κ2) is 8.79. The summed E-state index contributed by atoms with van der Waals surface area (Å²) in [5, 5.41) is 0. The van der Waals surface area contributed by atoms with E-state index in [1.165, 1.54) is 16.7 Å². The Labute approximate surface area is 157 Å². The number of hydrogen-bond acceptors (Lipinski definition) is 5. The van der Waals surface area contributed by atoms with Crippen LogP contribution >= 0.6 is 0 Å². The van der Waals surface area contributed by atoms with Gasteiger partial charge in [0.25, 0.3) is 5.56 Å². The van der Waals surface area contributed by atoms with Crippen molar-refractivity contribution in [1.29, 1.82) is 0 Å². The van der Waals surface area contributed by atoms with Crippen molar-refractivity contribution in [3.63, 3.8) is 0 Å².